The maximum absolute atomic E-state index is 14.2. The number of thiazole rings is 1. The summed E-state index contributed by atoms with van der Waals surface area (Å²) in [4.78, 5) is 66.3. The molecule has 3 unspecified atom stereocenters. The number of piperazine rings is 1. The van der Waals surface area contributed by atoms with Crippen LogP contribution in [0.4, 0.5) is 5.69 Å². The Balaban J connectivity index is 0.846. The van der Waals surface area contributed by atoms with E-state index in [1.807, 2.05) is 95.6 Å². The first-order chi connectivity index (χ1) is 33.5. The topological polar surface area (TPSA) is 189 Å². The third-order valence-electron chi connectivity index (χ3n) is 14.4. The van der Waals surface area contributed by atoms with E-state index in [0.29, 0.717) is 28.4 Å². The van der Waals surface area contributed by atoms with E-state index in [0.717, 1.165) is 53.6 Å². The number of nitrogens with zero attached hydrogens (tertiary/aromatic N) is 5. The number of rotatable bonds is 16. The zero-order valence-electron chi connectivity index (χ0n) is 42.5. The lowest BCUT2D eigenvalue weighted by Crippen LogP contribution is -2.74. The molecular weight excluding hydrogens is 940 g/mol. The second-order valence-corrected chi connectivity index (χ2v) is 22.9. The molecule has 15 nitrogen and oxygen atoms in total. The van der Waals surface area contributed by atoms with Gasteiger partial charge in [0.1, 0.15) is 36.6 Å². The molecule has 7 rings (SSSR count). The number of hydrogen-bond donors (Lipinski definition) is 4. The van der Waals surface area contributed by atoms with Crippen LogP contribution < -0.4 is 25.6 Å². The fraction of sp³-hybridized carbons (Fsp3) is 0.519. The number of anilines is 1. The standard InChI is InChI=1S/C54H69ClN8O7S/c1-32(28-61-21-23-62(24-22-61)39-18-15-37(16-19-39)47(66)60-50-53(7,8)51(54(50,9)10)70-41-20-17-38(27-56)42(55)26-41)69-30-44(65)59-46(52(4,5)6)49(68)63-29-40(64)25-43(63)48(67)58-33(2)35-11-13-36(14-12-35)45-34(3)57-31-71-45/h11-20,26,31-33,40,43,46,50-51,64H,21-25,28-30H2,1-10H3,(H,58,67)(H,59,65)(H,60,66)/t32?,33-,40+,43?,46?,50?,51?/m0/s1. The van der Waals surface area contributed by atoms with Gasteiger partial charge in [0.15, 0.2) is 0 Å². The van der Waals surface area contributed by atoms with Crippen LogP contribution in [0.15, 0.2) is 72.2 Å². The number of halogens is 1. The summed E-state index contributed by atoms with van der Waals surface area (Å²) < 4.78 is 12.4. The van der Waals surface area contributed by atoms with Crippen molar-refractivity contribution in [3.8, 4) is 22.3 Å². The lowest BCUT2D eigenvalue weighted by atomic mass is 9.49. The fourth-order valence-electron chi connectivity index (χ4n) is 10.7. The van der Waals surface area contributed by atoms with Crippen LogP contribution in [0.25, 0.3) is 10.4 Å². The van der Waals surface area contributed by atoms with Gasteiger partial charge in [-0.25, -0.2) is 4.98 Å². The van der Waals surface area contributed by atoms with E-state index >= 15 is 0 Å². The van der Waals surface area contributed by atoms with E-state index in [9.17, 15) is 29.5 Å². The van der Waals surface area contributed by atoms with Crippen molar-refractivity contribution in [3.63, 3.8) is 0 Å². The molecule has 2 aliphatic heterocycles. The lowest BCUT2D eigenvalue weighted by molar-refractivity contribution is -0.164. The van der Waals surface area contributed by atoms with Crippen LogP contribution in [0.2, 0.25) is 5.02 Å². The highest BCUT2D eigenvalue weighted by Crippen LogP contribution is 2.55. The molecule has 5 atom stereocenters. The molecule has 71 heavy (non-hydrogen) atoms. The average Bonchev–Trinajstić information content (AvgIpc) is 3.95. The molecule has 3 aliphatic rings. The molecular formula is C54H69ClN8O7S. The number of likely N-dealkylation sites (tertiary alicyclic amines) is 1. The highest BCUT2D eigenvalue weighted by Gasteiger charge is 2.64. The molecule has 3 heterocycles. The number of hydrogen-bond acceptors (Lipinski definition) is 12. The molecule has 380 valence electrons. The van der Waals surface area contributed by atoms with Gasteiger partial charge in [0.2, 0.25) is 17.7 Å². The Hall–Kier alpha value is -5.57. The number of aromatic nitrogens is 1. The van der Waals surface area contributed by atoms with E-state index < -0.39 is 35.4 Å². The average molecular weight is 1010 g/mol. The molecule has 4 amide bonds. The summed E-state index contributed by atoms with van der Waals surface area (Å²) in [6.45, 7) is 23.1. The summed E-state index contributed by atoms with van der Waals surface area (Å²) in [7, 11) is 0. The van der Waals surface area contributed by atoms with Crippen LogP contribution in [0.1, 0.15) is 102 Å². The van der Waals surface area contributed by atoms with Crippen LogP contribution in [0.3, 0.4) is 0 Å². The summed E-state index contributed by atoms with van der Waals surface area (Å²) >= 11 is 7.84. The normalized spacial score (nSPS) is 22.1. The van der Waals surface area contributed by atoms with Crippen molar-refractivity contribution in [2.24, 2.45) is 16.2 Å². The number of β-amino-alcohol motifs (C(OH)–C–C–N with tert-alkyl or cyclic N) is 1. The number of aliphatic hydroxyl groups excluding tert-OH is 1. The number of ether oxygens (including phenoxy) is 2. The second kappa shape index (κ2) is 21.6. The quantitative estimate of drug-likeness (QED) is 0.0892. The van der Waals surface area contributed by atoms with Crippen molar-refractivity contribution in [1.82, 2.24) is 30.7 Å². The number of nitriles is 1. The largest absolute Gasteiger partial charge is 0.489 e. The summed E-state index contributed by atoms with van der Waals surface area (Å²) in [6.07, 6.45) is -1.27. The van der Waals surface area contributed by atoms with Gasteiger partial charge in [0.05, 0.1) is 44.9 Å². The van der Waals surface area contributed by atoms with Gasteiger partial charge in [-0.2, -0.15) is 5.26 Å². The first kappa shape index (κ1) is 53.2. The van der Waals surface area contributed by atoms with Crippen molar-refractivity contribution >= 4 is 52.3 Å². The number of amides is 4. The summed E-state index contributed by atoms with van der Waals surface area (Å²) in [6, 6.07) is 20.4. The third kappa shape index (κ3) is 12.0. The number of carbonyl (C=O) groups is 4. The SMILES string of the molecule is Cc1ncsc1-c1ccc([C@H](C)NC(=O)C2C[C@@H](O)CN2C(=O)C(NC(=O)COC(C)CN2CCN(c3ccc(C(=O)NC4C(C)(C)C(Oc5ccc(C#N)c(Cl)c5)C4(C)C)cc3)CC2)C(C)(C)C)cc1. The van der Waals surface area contributed by atoms with E-state index in [1.165, 1.54) is 4.90 Å². The van der Waals surface area contributed by atoms with Gasteiger partial charge in [-0.3, -0.25) is 24.1 Å². The van der Waals surface area contributed by atoms with Crippen LogP contribution in [-0.4, -0.2) is 126 Å². The van der Waals surface area contributed by atoms with Gasteiger partial charge < -0.3 is 40.3 Å². The zero-order chi connectivity index (χ0) is 51.6. The summed E-state index contributed by atoms with van der Waals surface area (Å²) in [5.74, 6) is -0.811. The van der Waals surface area contributed by atoms with Gasteiger partial charge in [-0.1, -0.05) is 84.3 Å². The van der Waals surface area contributed by atoms with E-state index in [2.05, 4.69) is 64.5 Å². The minimum atomic E-state index is -0.969. The highest BCUT2D eigenvalue weighted by atomic mass is 35.5. The van der Waals surface area contributed by atoms with Gasteiger partial charge in [0.25, 0.3) is 5.91 Å². The van der Waals surface area contributed by atoms with Crippen molar-refractivity contribution in [2.45, 2.75) is 118 Å². The predicted octanol–water partition coefficient (Wildman–Crippen LogP) is 7.15. The van der Waals surface area contributed by atoms with Crippen molar-refractivity contribution in [3.05, 3.63) is 99.6 Å². The van der Waals surface area contributed by atoms with Crippen molar-refractivity contribution in [1.29, 1.82) is 5.26 Å². The van der Waals surface area contributed by atoms with Gasteiger partial charge >= 0.3 is 0 Å². The number of aliphatic hydroxyl groups is 1. The van der Waals surface area contributed by atoms with Crippen LogP contribution in [0, 0.1) is 34.5 Å². The Kier molecular flexibility index (Phi) is 16.2. The van der Waals surface area contributed by atoms with Crippen LogP contribution >= 0.6 is 22.9 Å². The minimum absolute atomic E-state index is 0.0180. The highest BCUT2D eigenvalue weighted by molar-refractivity contribution is 7.13. The van der Waals surface area contributed by atoms with Gasteiger partial charge in [-0.05, 0) is 73.7 Å². The third-order valence-corrected chi connectivity index (χ3v) is 15.7. The molecule has 3 aromatic carbocycles. The molecule has 2 saturated heterocycles. The number of benzene rings is 3. The maximum Gasteiger partial charge on any atom is 0.251 e. The monoisotopic (exact) mass is 1010 g/mol. The summed E-state index contributed by atoms with van der Waals surface area (Å²) in [5.41, 5.74) is 5.24. The smallest absolute Gasteiger partial charge is 0.251 e. The van der Waals surface area contributed by atoms with Crippen LogP contribution in [-0.2, 0) is 19.1 Å². The first-order valence-electron chi connectivity index (χ1n) is 24.4. The second-order valence-electron chi connectivity index (χ2n) is 21.6. The Bertz CT molecular complexity index is 2580. The van der Waals surface area contributed by atoms with Crippen molar-refractivity contribution < 1.29 is 33.8 Å². The van der Waals surface area contributed by atoms with E-state index in [1.54, 1.807) is 29.5 Å². The van der Waals surface area contributed by atoms with Gasteiger partial charge in [-0.15, -0.1) is 11.3 Å². The number of aryl methyl sites for hydroxylation is 1. The van der Waals surface area contributed by atoms with Crippen molar-refractivity contribution in [2.75, 3.05) is 50.8 Å². The minimum Gasteiger partial charge on any atom is -0.489 e. The zero-order valence-corrected chi connectivity index (χ0v) is 44.1. The molecule has 17 heteroatoms. The Labute approximate surface area is 427 Å². The Morgan fingerprint density at radius 2 is 1.62 bits per heavy atom. The molecule has 4 aromatic rings. The Morgan fingerprint density at radius 3 is 2.21 bits per heavy atom. The molecule has 0 radical (unpaired) electrons. The number of nitrogens with one attached hydrogen (secondary N) is 3. The van der Waals surface area contributed by atoms with Crippen LogP contribution in [0.5, 0.6) is 5.75 Å². The maximum atomic E-state index is 14.2. The first-order valence-corrected chi connectivity index (χ1v) is 25.7. The van der Waals surface area contributed by atoms with E-state index in [4.69, 9.17) is 21.1 Å². The Morgan fingerprint density at radius 1 is 0.958 bits per heavy atom. The predicted molar refractivity (Wildman–Crippen MR) is 276 cm³/mol. The molecule has 1 aliphatic carbocycles. The van der Waals surface area contributed by atoms with Gasteiger partial charge in [0, 0.05) is 79.9 Å². The lowest BCUT2D eigenvalue weighted by Gasteiger charge is -2.63. The summed E-state index contributed by atoms with van der Waals surface area (Å²) in [5, 5.41) is 29.5. The molecule has 0 spiro atoms. The molecule has 1 aromatic heterocycles. The van der Waals surface area contributed by atoms with E-state index in [-0.39, 0.29) is 66.5 Å². The fourth-order valence-corrected chi connectivity index (χ4v) is 11.7. The molecule has 4 N–H and O–H groups in total. The molecule has 0 bridgehead atoms. The number of carbonyl (C=O) groups excluding carboxylic acids is 4. The molecule has 1 saturated carbocycles. The molecule has 3 fully saturated rings.